The van der Waals surface area contributed by atoms with Crippen LogP contribution < -0.4 is 10.7 Å². The largest absolute Gasteiger partial charge is 0.506 e. The molecular formula is C56H56Cl3N7O6. The number of aromatic hydroxyl groups is 1. The SMILES string of the molecule is O=C(NCCOCCOCCCCCCCl)c1ccccc1-c1c2cc(Cl)c(=O)c(CN(Cc3ccccn3)Cc3ccccn3)c-2oc2c(CN(Cc3ccccn3)Cc3ccccn3)c(O)c(Cl)cc12. The van der Waals surface area contributed by atoms with Crippen molar-refractivity contribution < 1.29 is 23.8 Å². The Labute approximate surface area is 434 Å². The molecule has 0 radical (unpaired) electrons. The molecule has 0 saturated carbocycles. The van der Waals surface area contributed by atoms with Gasteiger partial charge in [0, 0.05) is 105 Å². The van der Waals surface area contributed by atoms with Crippen LogP contribution >= 0.6 is 34.8 Å². The number of carbonyl (C=O) groups excluding carboxylic acids is 1. The summed E-state index contributed by atoms with van der Waals surface area (Å²) in [6.45, 7) is 3.67. The topological polar surface area (TPSA) is 156 Å². The number of nitrogens with one attached hydrogen (secondary N) is 1. The van der Waals surface area contributed by atoms with Crippen LogP contribution in [0.3, 0.4) is 0 Å². The zero-order chi connectivity index (χ0) is 50.1. The number of amides is 1. The minimum Gasteiger partial charge on any atom is -0.506 e. The minimum atomic E-state index is -0.435. The van der Waals surface area contributed by atoms with Crippen LogP contribution in [0, 0.1) is 0 Å². The van der Waals surface area contributed by atoms with Gasteiger partial charge in [-0.3, -0.25) is 39.3 Å². The van der Waals surface area contributed by atoms with Gasteiger partial charge in [-0.2, -0.15) is 0 Å². The Bertz CT molecular complexity index is 2940. The lowest BCUT2D eigenvalue weighted by Gasteiger charge is -2.26. The summed E-state index contributed by atoms with van der Waals surface area (Å²) in [5.41, 5.74) is 5.45. The molecule has 2 N–H and O–H groups in total. The number of hydrogen-bond donors (Lipinski definition) is 2. The molecule has 16 heteroatoms. The van der Waals surface area contributed by atoms with Crippen molar-refractivity contribution >= 4 is 51.7 Å². The van der Waals surface area contributed by atoms with Gasteiger partial charge in [-0.15, -0.1) is 11.6 Å². The highest BCUT2D eigenvalue weighted by Crippen LogP contribution is 2.48. The number of alkyl halides is 1. The second-order valence-corrected chi connectivity index (χ2v) is 18.5. The highest BCUT2D eigenvalue weighted by Gasteiger charge is 2.30. The van der Waals surface area contributed by atoms with E-state index in [0.717, 1.165) is 48.5 Å². The highest BCUT2D eigenvalue weighted by molar-refractivity contribution is 6.33. The molecule has 8 rings (SSSR count). The van der Waals surface area contributed by atoms with E-state index in [1.54, 1.807) is 49.1 Å². The molecule has 0 saturated heterocycles. The van der Waals surface area contributed by atoms with E-state index in [-0.39, 0.29) is 64.8 Å². The quantitative estimate of drug-likeness (QED) is 0.0301. The Balaban J connectivity index is 1.22. The Hall–Kier alpha value is -6.29. The van der Waals surface area contributed by atoms with Gasteiger partial charge in [0.25, 0.3) is 5.91 Å². The van der Waals surface area contributed by atoms with E-state index < -0.39 is 5.43 Å². The molecule has 372 valence electrons. The lowest BCUT2D eigenvalue weighted by molar-refractivity contribution is 0.0468. The average molecular weight is 1030 g/mol. The number of aromatic nitrogens is 4. The summed E-state index contributed by atoms with van der Waals surface area (Å²) in [6.07, 6.45) is 11.1. The number of fused-ring (bicyclic) bond motifs is 2. The third kappa shape index (κ3) is 13.8. The molecule has 72 heavy (non-hydrogen) atoms. The Morgan fingerprint density at radius 2 is 1.12 bits per heavy atom. The van der Waals surface area contributed by atoms with E-state index in [0.29, 0.717) is 85.1 Å². The van der Waals surface area contributed by atoms with Crippen molar-refractivity contribution in [3.63, 3.8) is 0 Å². The molecule has 1 aliphatic heterocycles. The van der Waals surface area contributed by atoms with Crippen LogP contribution in [0.5, 0.6) is 5.75 Å². The first kappa shape index (κ1) is 52.0. The number of carbonyl (C=O) groups is 1. The van der Waals surface area contributed by atoms with E-state index in [1.165, 1.54) is 0 Å². The molecule has 2 aromatic carbocycles. The molecule has 0 fully saturated rings. The van der Waals surface area contributed by atoms with Crippen molar-refractivity contribution in [2.45, 2.75) is 65.0 Å². The fourth-order valence-electron chi connectivity index (χ4n) is 8.65. The van der Waals surface area contributed by atoms with E-state index >= 15 is 0 Å². The number of unbranched alkanes of at least 4 members (excludes halogenated alkanes) is 3. The molecule has 0 unspecified atom stereocenters. The van der Waals surface area contributed by atoms with Crippen LogP contribution in [0.1, 0.15) is 69.9 Å². The summed E-state index contributed by atoms with van der Waals surface area (Å²) in [7, 11) is 0. The number of pyridine rings is 4. The van der Waals surface area contributed by atoms with Crippen molar-refractivity contribution in [2.24, 2.45) is 0 Å². The number of rotatable bonds is 26. The maximum atomic E-state index is 14.6. The second kappa shape index (κ2) is 26.4. The van der Waals surface area contributed by atoms with Gasteiger partial charge in [0.2, 0.25) is 5.43 Å². The number of halogens is 3. The smallest absolute Gasteiger partial charge is 0.251 e. The third-order valence-corrected chi connectivity index (χ3v) is 12.9. The first-order valence-corrected chi connectivity index (χ1v) is 25.3. The lowest BCUT2D eigenvalue weighted by atomic mass is 9.88. The van der Waals surface area contributed by atoms with Crippen LogP contribution in [-0.4, -0.2) is 79.6 Å². The lowest BCUT2D eigenvalue weighted by Crippen LogP contribution is -2.28. The summed E-state index contributed by atoms with van der Waals surface area (Å²) >= 11 is 19.8. The molecule has 5 heterocycles. The average Bonchev–Trinajstić information content (AvgIpc) is 3.40. The Kier molecular flexibility index (Phi) is 19.1. The summed E-state index contributed by atoms with van der Waals surface area (Å²) in [5, 5.41) is 15.6. The predicted molar refractivity (Wildman–Crippen MR) is 282 cm³/mol. The van der Waals surface area contributed by atoms with Gasteiger partial charge in [0.15, 0.2) is 0 Å². The molecule has 4 aromatic heterocycles. The van der Waals surface area contributed by atoms with Gasteiger partial charge in [-0.25, -0.2) is 0 Å². The maximum Gasteiger partial charge on any atom is 0.251 e. The predicted octanol–water partition coefficient (Wildman–Crippen LogP) is 11.1. The third-order valence-electron chi connectivity index (χ3n) is 12.1. The fraction of sp³-hybridized carbons (Fsp3) is 0.286. The standard InChI is InChI=1S/C56H56Cl3N7O6/c57-21-9-1-2-14-27-70-29-30-71-28-26-64-56(69)44-20-4-3-19-43(44)51-45-31-49(58)52(67)47(37-65(33-39-15-5-10-22-60-39)34-40-16-6-11-23-61-40)54(45)72-55-46(51)32-50(59)53(68)48(55)38-66(35-41-17-7-12-24-62-41)36-42-18-8-13-25-63-42/h3-8,10-13,15-20,22-25,31-32,67H,1-2,9,14,21,26-30,33-38H2,(H,64,69). The summed E-state index contributed by atoms with van der Waals surface area (Å²) in [6, 6.07) is 33.2. The number of benzene rings is 3. The number of hydrogen-bond acceptors (Lipinski definition) is 12. The van der Waals surface area contributed by atoms with Gasteiger partial charge in [-0.1, -0.05) is 78.5 Å². The van der Waals surface area contributed by atoms with Crippen LogP contribution in [-0.2, 0) is 48.7 Å². The molecule has 0 spiro atoms. The summed E-state index contributed by atoms with van der Waals surface area (Å²) in [4.78, 5) is 51.5. The van der Waals surface area contributed by atoms with Crippen LogP contribution in [0.2, 0.25) is 10.0 Å². The zero-order valence-corrected chi connectivity index (χ0v) is 42.1. The fourth-order valence-corrected chi connectivity index (χ4v) is 9.28. The number of phenols is 1. The molecular weight excluding hydrogens is 973 g/mol. The van der Waals surface area contributed by atoms with E-state index in [1.807, 2.05) is 84.9 Å². The Morgan fingerprint density at radius 3 is 1.68 bits per heavy atom. The highest BCUT2D eigenvalue weighted by atomic mass is 35.5. The van der Waals surface area contributed by atoms with Crippen molar-refractivity contribution in [3.8, 4) is 28.2 Å². The van der Waals surface area contributed by atoms with Crippen molar-refractivity contribution in [1.82, 2.24) is 35.1 Å². The van der Waals surface area contributed by atoms with Crippen molar-refractivity contribution in [1.29, 1.82) is 0 Å². The van der Waals surface area contributed by atoms with Crippen molar-refractivity contribution in [3.05, 3.63) is 194 Å². The van der Waals surface area contributed by atoms with E-state index in [2.05, 4.69) is 35.1 Å². The summed E-state index contributed by atoms with van der Waals surface area (Å²) < 4.78 is 18.6. The maximum absolute atomic E-state index is 14.6. The van der Waals surface area contributed by atoms with E-state index in [9.17, 15) is 14.7 Å². The second-order valence-electron chi connectivity index (χ2n) is 17.3. The minimum absolute atomic E-state index is 0.0414. The zero-order valence-electron chi connectivity index (χ0n) is 39.8. The van der Waals surface area contributed by atoms with Crippen LogP contribution in [0.15, 0.2) is 143 Å². The summed E-state index contributed by atoms with van der Waals surface area (Å²) in [5.74, 6) is 0.351. The van der Waals surface area contributed by atoms with Crippen LogP contribution in [0.25, 0.3) is 33.4 Å². The number of ether oxygens (including phenoxy) is 2. The first-order valence-electron chi connectivity index (χ1n) is 24.0. The van der Waals surface area contributed by atoms with Gasteiger partial charge in [0.1, 0.15) is 17.1 Å². The van der Waals surface area contributed by atoms with Crippen molar-refractivity contribution in [2.75, 3.05) is 38.9 Å². The number of nitrogens with zero attached hydrogens (tertiary/aromatic N) is 6. The monoisotopic (exact) mass is 1030 g/mol. The Morgan fingerprint density at radius 1 is 0.597 bits per heavy atom. The molecule has 13 nitrogen and oxygen atoms in total. The number of phenolic OH excluding ortho intramolecular Hbond substituents is 1. The molecule has 1 aliphatic carbocycles. The van der Waals surface area contributed by atoms with E-state index in [4.69, 9.17) is 48.7 Å². The molecule has 1 amide bonds. The van der Waals surface area contributed by atoms with Gasteiger partial charge in [0.05, 0.1) is 63.8 Å². The molecule has 2 aliphatic rings. The molecule has 0 bridgehead atoms. The normalized spacial score (nSPS) is 11.6. The van der Waals surface area contributed by atoms with Gasteiger partial charge in [-0.05, 0) is 85.1 Å². The van der Waals surface area contributed by atoms with Gasteiger partial charge < -0.3 is 24.3 Å². The van der Waals surface area contributed by atoms with Crippen LogP contribution in [0.4, 0.5) is 0 Å². The first-order chi connectivity index (χ1) is 35.3. The molecule has 0 atom stereocenters. The van der Waals surface area contributed by atoms with Gasteiger partial charge >= 0.3 is 0 Å². The molecule has 6 aromatic rings.